The van der Waals surface area contributed by atoms with Gasteiger partial charge < -0.3 is 4.74 Å². The fourth-order valence-electron chi connectivity index (χ4n) is 1.34. The number of hydrogen-bond donors (Lipinski definition) is 0. The van der Waals surface area contributed by atoms with Crippen molar-refractivity contribution < 1.29 is 4.74 Å². The Morgan fingerprint density at radius 1 is 1.45 bits per heavy atom. The predicted molar refractivity (Wildman–Crippen MR) is 47.5 cm³/mol. The third-order valence-electron chi connectivity index (χ3n) is 2.21. The summed E-state index contributed by atoms with van der Waals surface area (Å²) in [6.07, 6.45) is 7.00. The zero-order valence-electron chi connectivity index (χ0n) is 7.55. The highest BCUT2D eigenvalue weighted by molar-refractivity contribution is 5.23. The van der Waals surface area contributed by atoms with E-state index in [-0.39, 0.29) is 0 Å². The lowest BCUT2D eigenvalue weighted by Gasteiger charge is -2.17. The van der Waals surface area contributed by atoms with E-state index in [1.54, 1.807) is 7.11 Å². The highest BCUT2D eigenvalue weighted by Gasteiger charge is 2.09. The highest BCUT2D eigenvalue weighted by atomic mass is 16.5. The molecule has 0 aliphatic heterocycles. The van der Waals surface area contributed by atoms with Gasteiger partial charge in [0.05, 0.1) is 6.10 Å². The fraction of sp³-hybridized carbons (Fsp3) is 0.600. The van der Waals surface area contributed by atoms with Crippen LogP contribution in [0.25, 0.3) is 0 Å². The average molecular weight is 152 g/mol. The van der Waals surface area contributed by atoms with Gasteiger partial charge in [0.15, 0.2) is 0 Å². The van der Waals surface area contributed by atoms with Gasteiger partial charge in [-0.1, -0.05) is 17.7 Å². The van der Waals surface area contributed by atoms with Gasteiger partial charge in [-0.2, -0.15) is 0 Å². The van der Waals surface area contributed by atoms with Crippen molar-refractivity contribution in [2.24, 2.45) is 0 Å². The fourth-order valence-corrected chi connectivity index (χ4v) is 1.34. The molecule has 0 aromatic heterocycles. The van der Waals surface area contributed by atoms with Crippen LogP contribution in [0.5, 0.6) is 0 Å². The minimum absolute atomic E-state index is 0.290. The Hall–Kier alpha value is -0.560. The molecule has 0 radical (unpaired) electrons. The Morgan fingerprint density at radius 3 is 2.73 bits per heavy atom. The molecule has 1 rings (SSSR count). The molecular weight excluding hydrogens is 136 g/mol. The first-order valence-electron chi connectivity index (χ1n) is 4.11. The third kappa shape index (κ3) is 2.19. The maximum absolute atomic E-state index is 5.24. The van der Waals surface area contributed by atoms with Crippen molar-refractivity contribution in [2.75, 3.05) is 7.11 Å². The minimum Gasteiger partial charge on any atom is -0.377 e. The molecule has 62 valence electrons. The first kappa shape index (κ1) is 8.54. The molecule has 0 saturated carbocycles. The smallest absolute Gasteiger partial charge is 0.0756 e. The maximum Gasteiger partial charge on any atom is 0.0756 e. The summed E-state index contributed by atoms with van der Waals surface area (Å²) in [5.41, 5.74) is 2.89. The molecule has 1 aliphatic carbocycles. The van der Waals surface area contributed by atoms with Crippen LogP contribution in [-0.4, -0.2) is 13.2 Å². The standard InChI is InChI=1S/C10H16O/c1-8-5-4-6-10(7-8)9(2)11-3/h5-6,9H,4,7H2,1-3H3. The molecule has 0 fully saturated rings. The van der Waals surface area contributed by atoms with E-state index in [0.29, 0.717) is 6.10 Å². The molecular formula is C10H16O. The second-order valence-corrected chi connectivity index (χ2v) is 3.12. The summed E-state index contributed by atoms with van der Waals surface area (Å²) in [6, 6.07) is 0. The molecule has 0 spiro atoms. The largest absolute Gasteiger partial charge is 0.377 e. The van der Waals surface area contributed by atoms with E-state index in [9.17, 15) is 0 Å². The number of ether oxygens (including phenoxy) is 1. The molecule has 0 aromatic rings. The first-order valence-corrected chi connectivity index (χ1v) is 4.11. The Morgan fingerprint density at radius 2 is 2.18 bits per heavy atom. The van der Waals surface area contributed by atoms with E-state index in [1.807, 2.05) is 0 Å². The van der Waals surface area contributed by atoms with Crippen LogP contribution in [-0.2, 0) is 4.74 Å². The van der Waals surface area contributed by atoms with Gasteiger partial charge in [-0.3, -0.25) is 0 Å². The Balaban J connectivity index is 2.54. The van der Waals surface area contributed by atoms with E-state index in [1.165, 1.54) is 11.1 Å². The lowest BCUT2D eigenvalue weighted by atomic mass is 9.96. The molecule has 0 N–H and O–H groups in total. The van der Waals surface area contributed by atoms with E-state index >= 15 is 0 Å². The van der Waals surface area contributed by atoms with Crippen LogP contribution in [0, 0.1) is 0 Å². The second-order valence-electron chi connectivity index (χ2n) is 3.12. The summed E-state index contributed by atoms with van der Waals surface area (Å²) in [5.74, 6) is 0. The van der Waals surface area contributed by atoms with E-state index in [2.05, 4.69) is 26.0 Å². The van der Waals surface area contributed by atoms with Crippen molar-refractivity contribution in [3.05, 3.63) is 23.3 Å². The summed E-state index contributed by atoms with van der Waals surface area (Å²) in [5, 5.41) is 0. The van der Waals surface area contributed by atoms with Crippen molar-refractivity contribution in [1.29, 1.82) is 0 Å². The van der Waals surface area contributed by atoms with Gasteiger partial charge in [0, 0.05) is 7.11 Å². The van der Waals surface area contributed by atoms with Gasteiger partial charge in [-0.15, -0.1) is 0 Å². The topological polar surface area (TPSA) is 9.23 Å². The number of allylic oxidation sites excluding steroid dienone is 3. The first-order chi connectivity index (χ1) is 5.24. The number of rotatable bonds is 2. The summed E-state index contributed by atoms with van der Waals surface area (Å²) in [6.45, 7) is 4.28. The normalized spacial score (nSPS) is 20.6. The SMILES string of the molecule is COC(C)C1=CCC=C(C)C1. The van der Waals surface area contributed by atoms with Crippen molar-refractivity contribution in [1.82, 2.24) is 0 Å². The van der Waals surface area contributed by atoms with Gasteiger partial charge in [0.1, 0.15) is 0 Å². The molecule has 1 nitrogen and oxygen atoms in total. The number of methoxy groups -OCH3 is 1. The van der Waals surface area contributed by atoms with Crippen LogP contribution in [0.2, 0.25) is 0 Å². The third-order valence-corrected chi connectivity index (χ3v) is 2.21. The molecule has 0 saturated heterocycles. The molecule has 11 heavy (non-hydrogen) atoms. The van der Waals surface area contributed by atoms with Crippen LogP contribution in [0.15, 0.2) is 23.3 Å². The predicted octanol–water partition coefficient (Wildman–Crippen LogP) is 2.69. The Labute approximate surface area is 68.8 Å². The summed E-state index contributed by atoms with van der Waals surface area (Å²) >= 11 is 0. The summed E-state index contributed by atoms with van der Waals surface area (Å²) in [7, 11) is 1.76. The molecule has 0 amide bonds. The summed E-state index contributed by atoms with van der Waals surface area (Å²) in [4.78, 5) is 0. The molecule has 0 aromatic carbocycles. The van der Waals surface area contributed by atoms with E-state index in [4.69, 9.17) is 4.74 Å². The van der Waals surface area contributed by atoms with E-state index in [0.717, 1.165) is 12.8 Å². The van der Waals surface area contributed by atoms with Crippen LogP contribution < -0.4 is 0 Å². The maximum atomic E-state index is 5.24. The zero-order valence-corrected chi connectivity index (χ0v) is 7.55. The van der Waals surface area contributed by atoms with Gasteiger partial charge in [-0.25, -0.2) is 0 Å². The average Bonchev–Trinajstić information content (AvgIpc) is 2.03. The van der Waals surface area contributed by atoms with E-state index < -0.39 is 0 Å². The highest BCUT2D eigenvalue weighted by Crippen LogP contribution is 2.21. The molecule has 1 aliphatic rings. The van der Waals surface area contributed by atoms with Crippen LogP contribution in [0.1, 0.15) is 26.7 Å². The van der Waals surface area contributed by atoms with Gasteiger partial charge >= 0.3 is 0 Å². The molecule has 0 heterocycles. The van der Waals surface area contributed by atoms with Crippen molar-refractivity contribution in [2.45, 2.75) is 32.8 Å². The van der Waals surface area contributed by atoms with Crippen molar-refractivity contribution >= 4 is 0 Å². The monoisotopic (exact) mass is 152 g/mol. The van der Waals surface area contributed by atoms with Crippen LogP contribution in [0.4, 0.5) is 0 Å². The van der Waals surface area contributed by atoms with Crippen molar-refractivity contribution in [3.8, 4) is 0 Å². The second kappa shape index (κ2) is 3.72. The molecule has 1 unspecified atom stereocenters. The molecule has 1 heteroatoms. The number of hydrogen-bond acceptors (Lipinski definition) is 1. The molecule has 1 atom stereocenters. The minimum atomic E-state index is 0.290. The lowest BCUT2D eigenvalue weighted by Crippen LogP contribution is -2.10. The molecule has 0 bridgehead atoms. The Kier molecular flexibility index (Phi) is 2.89. The van der Waals surface area contributed by atoms with Gasteiger partial charge in [0.25, 0.3) is 0 Å². The lowest BCUT2D eigenvalue weighted by molar-refractivity contribution is 0.144. The van der Waals surface area contributed by atoms with Gasteiger partial charge in [-0.05, 0) is 32.3 Å². The summed E-state index contributed by atoms with van der Waals surface area (Å²) < 4.78 is 5.24. The van der Waals surface area contributed by atoms with Crippen LogP contribution >= 0.6 is 0 Å². The Bertz CT molecular complexity index is 189. The van der Waals surface area contributed by atoms with Crippen LogP contribution in [0.3, 0.4) is 0 Å². The van der Waals surface area contributed by atoms with Gasteiger partial charge in [0.2, 0.25) is 0 Å². The zero-order chi connectivity index (χ0) is 8.27. The van der Waals surface area contributed by atoms with Crippen molar-refractivity contribution in [3.63, 3.8) is 0 Å². The quantitative estimate of drug-likeness (QED) is 0.553.